The molecule has 0 atom stereocenters. The van der Waals surface area contributed by atoms with Gasteiger partial charge >= 0.3 is 0 Å². The maximum absolute atomic E-state index is 4.60. The first-order valence-electron chi connectivity index (χ1n) is 3.74. The van der Waals surface area contributed by atoms with Gasteiger partial charge in [0.05, 0.1) is 10.6 Å². The van der Waals surface area contributed by atoms with Gasteiger partial charge in [-0.25, -0.2) is 0 Å². The monoisotopic (exact) mass is 157 g/mol. The minimum Gasteiger partial charge on any atom is -0.276 e. The van der Waals surface area contributed by atoms with Crippen LogP contribution in [0.25, 0.3) is 0 Å². The van der Waals surface area contributed by atoms with E-state index in [2.05, 4.69) is 32.7 Å². The first kappa shape index (κ1) is 8.12. The van der Waals surface area contributed by atoms with Crippen molar-refractivity contribution in [1.29, 1.82) is 0 Å². The lowest BCUT2D eigenvalue weighted by Crippen LogP contribution is -2.15. The summed E-state index contributed by atoms with van der Waals surface area (Å²) in [5.41, 5.74) is 0.199. The third-order valence-corrected chi connectivity index (χ3v) is 3.19. The summed E-state index contributed by atoms with van der Waals surface area (Å²) in [6.45, 7) is 8.78. The fourth-order valence-corrected chi connectivity index (χ4v) is 2.12. The zero-order valence-corrected chi connectivity index (χ0v) is 7.96. The molecular formula is C8H15NS. The standard InChI is InChI=1S/C8H15NS/c1-6(2)7-9-8(3,4)5-10-7/h6H,5H2,1-4H3. The molecule has 0 aromatic rings. The van der Waals surface area contributed by atoms with Crippen LogP contribution in [0.2, 0.25) is 0 Å². The van der Waals surface area contributed by atoms with Crippen molar-refractivity contribution >= 4 is 16.8 Å². The highest BCUT2D eigenvalue weighted by Gasteiger charge is 2.26. The fraction of sp³-hybridized carbons (Fsp3) is 0.875. The van der Waals surface area contributed by atoms with Gasteiger partial charge in [0, 0.05) is 11.7 Å². The third kappa shape index (κ3) is 1.75. The molecule has 1 aliphatic rings. The molecular weight excluding hydrogens is 142 g/mol. The Balaban J connectivity index is 2.66. The Kier molecular flexibility index (Phi) is 2.09. The second-order valence-electron chi connectivity index (χ2n) is 3.71. The first-order chi connectivity index (χ1) is 4.51. The van der Waals surface area contributed by atoms with E-state index in [9.17, 15) is 0 Å². The summed E-state index contributed by atoms with van der Waals surface area (Å²) in [6.07, 6.45) is 0. The molecule has 0 radical (unpaired) electrons. The highest BCUT2D eigenvalue weighted by atomic mass is 32.2. The van der Waals surface area contributed by atoms with Gasteiger partial charge in [0.1, 0.15) is 0 Å². The third-order valence-electron chi connectivity index (χ3n) is 1.48. The summed E-state index contributed by atoms with van der Waals surface area (Å²) in [5, 5.41) is 1.32. The highest BCUT2D eigenvalue weighted by molar-refractivity contribution is 8.14. The van der Waals surface area contributed by atoms with Crippen molar-refractivity contribution in [3.63, 3.8) is 0 Å². The predicted molar refractivity (Wildman–Crippen MR) is 48.8 cm³/mol. The molecule has 1 nitrogen and oxygen atoms in total. The molecule has 0 fully saturated rings. The van der Waals surface area contributed by atoms with Crippen LogP contribution in [0.1, 0.15) is 27.7 Å². The summed E-state index contributed by atoms with van der Waals surface area (Å²) in [5.74, 6) is 1.77. The molecule has 0 N–H and O–H groups in total. The van der Waals surface area contributed by atoms with E-state index in [0.29, 0.717) is 5.92 Å². The van der Waals surface area contributed by atoms with Gasteiger partial charge in [-0.2, -0.15) is 0 Å². The van der Waals surface area contributed by atoms with E-state index in [1.807, 2.05) is 11.8 Å². The van der Waals surface area contributed by atoms with E-state index in [1.165, 1.54) is 5.04 Å². The van der Waals surface area contributed by atoms with Crippen molar-refractivity contribution in [3.05, 3.63) is 0 Å². The van der Waals surface area contributed by atoms with Crippen LogP contribution >= 0.6 is 11.8 Å². The average Bonchev–Trinajstić information content (AvgIpc) is 2.10. The summed E-state index contributed by atoms with van der Waals surface area (Å²) < 4.78 is 0. The molecule has 0 spiro atoms. The zero-order chi connectivity index (χ0) is 7.78. The Bertz CT molecular complexity index is 159. The van der Waals surface area contributed by atoms with Gasteiger partial charge in [-0.3, -0.25) is 4.99 Å². The van der Waals surface area contributed by atoms with Gasteiger partial charge in [-0.05, 0) is 13.8 Å². The maximum atomic E-state index is 4.60. The molecule has 10 heavy (non-hydrogen) atoms. The van der Waals surface area contributed by atoms with Crippen molar-refractivity contribution < 1.29 is 0 Å². The van der Waals surface area contributed by atoms with E-state index in [-0.39, 0.29) is 5.54 Å². The molecule has 2 heteroatoms. The minimum atomic E-state index is 0.199. The van der Waals surface area contributed by atoms with E-state index < -0.39 is 0 Å². The van der Waals surface area contributed by atoms with E-state index in [1.54, 1.807) is 0 Å². The van der Waals surface area contributed by atoms with Gasteiger partial charge in [-0.1, -0.05) is 13.8 Å². The van der Waals surface area contributed by atoms with Gasteiger partial charge in [-0.15, -0.1) is 11.8 Å². The second kappa shape index (κ2) is 2.57. The first-order valence-corrected chi connectivity index (χ1v) is 4.72. The van der Waals surface area contributed by atoms with Crippen LogP contribution in [0.3, 0.4) is 0 Å². The molecule has 1 aliphatic heterocycles. The van der Waals surface area contributed by atoms with E-state index >= 15 is 0 Å². The number of hydrogen-bond acceptors (Lipinski definition) is 2. The molecule has 0 saturated carbocycles. The number of nitrogens with zero attached hydrogens (tertiary/aromatic N) is 1. The number of aliphatic imine (C=N–C) groups is 1. The topological polar surface area (TPSA) is 12.4 Å². The Labute approximate surface area is 67.3 Å². The molecule has 0 bridgehead atoms. The van der Waals surface area contributed by atoms with Crippen LogP contribution in [0, 0.1) is 5.92 Å². The molecule has 0 aromatic heterocycles. The Morgan fingerprint density at radius 3 is 2.30 bits per heavy atom. The van der Waals surface area contributed by atoms with Crippen molar-refractivity contribution in [1.82, 2.24) is 0 Å². The summed E-state index contributed by atoms with van der Waals surface area (Å²) >= 11 is 1.91. The van der Waals surface area contributed by atoms with Crippen LogP contribution in [0.5, 0.6) is 0 Å². The number of rotatable bonds is 1. The smallest absolute Gasteiger partial charge is 0.0709 e. The normalized spacial score (nSPS) is 23.5. The van der Waals surface area contributed by atoms with Crippen LogP contribution in [0.15, 0.2) is 4.99 Å². The summed E-state index contributed by atoms with van der Waals surface area (Å²) in [6, 6.07) is 0. The molecule has 0 aromatic carbocycles. The van der Waals surface area contributed by atoms with Crippen LogP contribution in [-0.2, 0) is 0 Å². The molecule has 0 unspecified atom stereocenters. The van der Waals surface area contributed by atoms with Gasteiger partial charge in [0.25, 0.3) is 0 Å². The van der Waals surface area contributed by atoms with Crippen LogP contribution in [-0.4, -0.2) is 16.3 Å². The number of hydrogen-bond donors (Lipinski definition) is 0. The van der Waals surface area contributed by atoms with Gasteiger partial charge in [0.15, 0.2) is 0 Å². The van der Waals surface area contributed by atoms with E-state index in [4.69, 9.17) is 0 Å². The summed E-state index contributed by atoms with van der Waals surface area (Å²) in [7, 11) is 0. The Morgan fingerprint density at radius 2 is 2.10 bits per heavy atom. The fourth-order valence-electron chi connectivity index (χ4n) is 0.909. The SMILES string of the molecule is CC(C)C1=NC(C)(C)CS1. The lowest BCUT2D eigenvalue weighted by molar-refractivity contribution is 0.601. The molecule has 0 aliphatic carbocycles. The molecule has 1 rings (SSSR count). The van der Waals surface area contributed by atoms with Crippen molar-refractivity contribution in [3.8, 4) is 0 Å². The van der Waals surface area contributed by atoms with Crippen LogP contribution in [0.4, 0.5) is 0 Å². The Morgan fingerprint density at radius 1 is 1.50 bits per heavy atom. The summed E-state index contributed by atoms with van der Waals surface area (Å²) in [4.78, 5) is 4.60. The van der Waals surface area contributed by atoms with Crippen molar-refractivity contribution in [2.45, 2.75) is 33.2 Å². The molecule has 0 amide bonds. The quantitative estimate of drug-likeness (QED) is 0.570. The van der Waals surface area contributed by atoms with Gasteiger partial charge in [0.2, 0.25) is 0 Å². The molecule has 1 heterocycles. The van der Waals surface area contributed by atoms with E-state index in [0.717, 1.165) is 5.75 Å². The Hall–Kier alpha value is 0.0200. The lowest BCUT2D eigenvalue weighted by atomic mass is 10.1. The van der Waals surface area contributed by atoms with Crippen molar-refractivity contribution in [2.75, 3.05) is 5.75 Å². The largest absolute Gasteiger partial charge is 0.276 e. The molecule has 0 saturated heterocycles. The lowest BCUT2D eigenvalue weighted by Gasteiger charge is -2.09. The van der Waals surface area contributed by atoms with Gasteiger partial charge < -0.3 is 0 Å². The van der Waals surface area contributed by atoms with Crippen molar-refractivity contribution in [2.24, 2.45) is 10.9 Å². The highest BCUT2D eigenvalue weighted by Crippen LogP contribution is 2.29. The number of thioether (sulfide) groups is 1. The molecule has 58 valence electrons. The minimum absolute atomic E-state index is 0.199. The average molecular weight is 157 g/mol. The second-order valence-corrected chi connectivity index (χ2v) is 4.70. The van der Waals surface area contributed by atoms with Crippen LogP contribution < -0.4 is 0 Å². The zero-order valence-electron chi connectivity index (χ0n) is 7.14. The maximum Gasteiger partial charge on any atom is 0.0709 e. The predicted octanol–water partition coefficient (Wildman–Crippen LogP) is 2.57.